The second-order valence-electron chi connectivity index (χ2n) is 16.8. The summed E-state index contributed by atoms with van der Waals surface area (Å²) in [6.45, 7) is 18.7. The Morgan fingerprint density at radius 2 is 1.60 bits per heavy atom. The summed E-state index contributed by atoms with van der Waals surface area (Å²) in [5.41, 5.74) is 2.17. The van der Waals surface area contributed by atoms with Crippen LogP contribution in [0.1, 0.15) is 82.7 Å². The predicted octanol–water partition coefficient (Wildman–Crippen LogP) is 3.96. The maximum atomic E-state index is 13.4. The van der Waals surface area contributed by atoms with E-state index in [1.165, 1.54) is 0 Å². The number of halogens is 1. The number of pyridine rings is 1. The molecule has 1 aromatic heterocycles. The number of nitrogens with one attached hydrogen (secondary N) is 2. The molecule has 1 aliphatic carbocycles. The molecular formula is C42H43ClN8O7. The number of piperidine rings is 1. The molecular weight excluding hydrogens is 764 g/mol. The van der Waals surface area contributed by atoms with E-state index in [0.717, 1.165) is 16.0 Å². The molecule has 2 aromatic carbocycles. The van der Waals surface area contributed by atoms with E-state index < -0.39 is 40.5 Å². The van der Waals surface area contributed by atoms with E-state index in [0.29, 0.717) is 67.1 Å². The Bertz CT molecular complexity index is 2250. The molecule has 15 nitrogen and oxygen atoms in total. The number of nitrogens with zero attached hydrogens (tertiary/aromatic N) is 6. The molecule has 1 unspecified atom stereocenters. The van der Waals surface area contributed by atoms with Crippen molar-refractivity contribution in [1.82, 2.24) is 30.3 Å². The van der Waals surface area contributed by atoms with Gasteiger partial charge in [-0.25, -0.2) is 9.83 Å². The first-order valence-electron chi connectivity index (χ1n) is 19.3. The van der Waals surface area contributed by atoms with Crippen molar-refractivity contribution in [3.63, 3.8) is 0 Å². The van der Waals surface area contributed by atoms with Crippen LogP contribution in [-0.4, -0.2) is 106 Å². The lowest BCUT2D eigenvalue weighted by molar-refractivity contribution is -0.164. The van der Waals surface area contributed by atoms with Crippen molar-refractivity contribution in [3.05, 3.63) is 92.9 Å². The molecule has 8 rings (SSSR count). The maximum absolute atomic E-state index is 13.4. The summed E-state index contributed by atoms with van der Waals surface area (Å²) < 4.78 is 6.35. The van der Waals surface area contributed by atoms with Crippen LogP contribution in [0.15, 0.2) is 48.7 Å². The molecule has 4 aliphatic heterocycles. The lowest BCUT2D eigenvalue weighted by atomic mass is 9.49. The predicted molar refractivity (Wildman–Crippen MR) is 211 cm³/mol. The van der Waals surface area contributed by atoms with E-state index in [2.05, 4.69) is 53.1 Å². The van der Waals surface area contributed by atoms with Gasteiger partial charge in [0.1, 0.15) is 23.7 Å². The highest BCUT2D eigenvalue weighted by Crippen LogP contribution is 2.55. The summed E-state index contributed by atoms with van der Waals surface area (Å²) in [6.07, 6.45) is 1.50. The number of rotatable bonds is 8. The molecule has 1 saturated carbocycles. The molecule has 5 aliphatic rings. The molecule has 2 saturated heterocycles. The van der Waals surface area contributed by atoms with Crippen LogP contribution in [0.4, 0.5) is 11.5 Å². The van der Waals surface area contributed by atoms with Crippen LogP contribution >= 0.6 is 11.6 Å². The third-order valence-electron chi connectivity index (χ3n) is 12.3. The number of piperazine rings is 1. The van der Waals surface area contributed by atoms with Crippen LogP contribution in [0.3, 0.4) is 0 Å². The van der Waals surface area contributed by atoms with Gasteiger partial charge in [0.2, 0.25) is 23.4 Å². The zero-order valence-corrected chi connectivity index (χ0v) is 33.4. The number of aromatic nitrogens is 1. The Labute approximate surface area is 340 Å². The Hall–Kier alpha value is -5.85. The average molecular weight is 807 g/mol. The van der Waals surface area contributed by atoms with Crippen molar-refractivity contribution in [2.45, 2.75) is 71.8 Å². The second kappa shape index (κ2) is 14.5. The monoisotopic (exact) mass is 806 g/mol. The van der Waals surface area contributed by atoms with Crippen LogP contribution < -0.4 is 20.3 Å². The fourth-order valence-electron chi connectivity index (χ4n) is 9.54. The molecule has 6 amide bonds. The number of carbonyl (C=O) groups is 6. The van der Waals surface area contributed by atoms with Crippen LogP contribution in [0, 0.1) is 17.4 Å². The molecule has 300 valence electrons. The molecule has 3 aromatic rings. The summed E-state index contributed by atoms with van der Waals surface area (Å²) in [6, 6.07) is 10.8. The maximum Gasteiger partial charge on any atom is 0.262 e. The number of carbonyl (C=O) groups excluding carboxylic acids is 6. The minimum atomic E-state index is -1.02. The van der Waals surface area contributed by atoms with E-state index in [-0.39, 0.29) is 54.5 Å². The first-order valence-corrected chi connectivity index (χ1v) is 19.7. The molecule has 5 heterocycles. The third kappa shape index (κ3) is 6.73. The number of hydrogen-bond donors (Lipinski definition) is 2. The first-order chi connectivity index (χ1) is 27.6. The molecule has 0 bridgehead atoms. The van der Waals surface area contributed by atoms with Gasteiger partial charge >= 0.3 is 0 Å². The van der Waals surface area contributed by atoms with Crippen LogP contribution in [0.5, 0.6) is 5.75 Å². The Morgan fingerprint density at radius 1 is 0.948 bits per heavy atom. The van der Waals surface area contributed by atoms with Gasteiger partial charge in [0.15, 0.2) is 0 Å². The molecule has 58 heavy (non-hydrogen) atoms. The number of fused-ring (bicyclic) bond motifs is 2. The van der Waals surface area contributed by atoms with Gasteiger partial charge in [-0.2, -0.15) is 0 Å². The molecule has 0 radical (unpaired) electrons. The van der Waals surface area contributed by atoms with Crippen LogP contribution in [0.2, 0.25) is 5.02 Å². The number of ether oxygens (including phenoxy) is 1. The second-order valence-corrected chi connectivity index (χ2v) is 17.2. The molecule has 3 fully saturated rings. The minimum Gasteiger partial charge on any atom is -0.489 e. The van der Waals surface area contributed by atoms with Crippen molar-refractivity contribution in [1.29, 1.82) is 0 Å². The quantitative estimate of drug-likeness (QED) is 0.252. The standard InChI is InChI=1S/C42H43ClN8O7/c1-41(2)39(42(3,4)40(41)58-26-7-8-30(44-5)29(43)18-26)47-35(54)23-6-10-32(45-19-23)49-12-14-50(15-13-49)34(53)22-48-20-24-16-27-28(17-25(24)21-48)38(57)51(37(27)56)31-9-11-33(52)46-36(31)55/h6-8,10,16-19,31,39-40H,9,11-15,20-22H2,1-4H3,(H,47,54)(H,46,52,55). The van der Waals surface area contributed by atoms with Crippen molar-refractivity contribution in [2.75, 3.05) is 37.6 Å². The SMILES string of the molecule is [C-]#[N+]c1ccc(OC2C(C)(C)C(NC(=O)c3ccc(N4CCN(C(=O)CN5Cc6cc7c(cc6C5)C(=O)N(C5CCC(=O)NC5=O)C7=O)CC4)nc3)C2(C)C)cc1Cl. The number of amides is 6. The molecule has 2 N–H and O–H groups in total. The Balaban J connectivity index is 0.816. The summed E-state index contributed by atoms with van der Waals surface area (Å²) in [4.78, 5) is 92.3. The Kier molecular flexibility index (Phi) is 9.76. The normalized spacial score (nSPS) is 23.4. The van der Waals surface area contributed by atoms with E-state index in [1.54, 1.807) is 42.6 Å². The van der Waals surface area contributed by atoms with Gasteiger partial charge in [0, 0.05) is 68.8 Å². The smallest absolute Gasteiger partial charge is 0.262 e. The number of imide groups is 2. The summed E-state index contributed by atoms with van der Waals surface area (Å²) in [5, 5.41) is 5.75. The van der Waals surface area contributed by atoms with Crippen LogP contribution in [0.25, 0.3) is 4.85 Å². The van der Waals surface area contributed by atoms with E-state index >= 15 is 0 Å². The van der Waals surface area contributed by atoms with Gasteiger partial charge < -0.3 is 19.9 Å². The lowest BCUT2D eigenvalue weighted by Gasteiger charge is -2.63. The summed E-state index contributed by atoms with van der Waals surface area (Å²) in [7, 11) is 0. The highest BCUT2D eigenvalue weighted by molar-refractivity contribution is 6.33. The van der Waals surface area contributed by atoms with Gasteiger partial charge in [-0.1, -0.05) is 45.4 Å². The van der Waals surface area contributed by atoms with Crippen molar-refractivity contribution >= 4 is 58.5 Å². The van der Waals surface area contributed by atoms with Gasteiger partial charge in [0.25, 0.3) is 17.7 Å². The summed E-state index contributed by atoms with van der Waals surface area (Å²) >= 11 is 6.24. The zero-order valence-electron chi connectivity index (χ0n) is 32.6. The highest BCUT2D eigenvalue weighted by atomic mass is 35.5. The first kappa shape index (κ1) is 39.0. The number of benzene rings is 2. The fraction of sp³-hybridized carbons (Fsp3) is 0.429. The van der Waals surface area contributed by atoms with Gasteiger partial charge in [-0.3, -0.25) is 43.9 Å². The topological polar surface area (TPSA) is 166 Å². The van der Waals surface area contributed by atoms with Crippen molar-refractivity contribution < 1.29 is 33.5 Å². The van der Waals surface area contributed by atoms with Crippen molar-refractivity contribution in [3.8, 4) is 5.75 Å². The third-order valence-corrected chi connectivity index (χ3v) is 12.6. The molecule has 1 atom stereocenters. The van der Waals surface area contributed by atoms with E-state index in [4.69, 9.17) is 22.9 Å². The lowest BCUT2D eigenvalue weighted by Crippen LogP contribution is -2.74. The Morgan fingerprint density at radius 3 is 2.17 bits per heavy atom. The summed E-state index contributed by atoms with van der Waals surface area (Å²) in [5.74, 6) is -1.13. The zero-order chi connectivity index (χ0) is 41.3. The highest BCUT2D eigenvalue weighted by Gasteiger charge is 2.64. The van der Waals surface area contributed by atoms with Gasteiger partial charge in [-0.15, -0.1) is 0 Å². The van der Waals surface area contributed by atoms with Crippen molar-refractivity contribution in [2.24, 2.45) is 10.8 Å². The largest absolute Gasteiger partial charge is 0.489 e. The van der Waals surface area contributed by atoms with E-state index in [1.807, 2.05) is 15.9 Å². The van der Waals surface area contributed by atoms with Gasteiger partial charge in [-0.05, 0) is 53.9 Å². The molecule has 0 spiro atoms. The number of hydrogen-bond acceptors (Lipinski definition) is 10. The minimum absolute atomic E-state index is 0.0209. The average Bonchev–Trinajstić information content (AvgIpc) is 3.70. The van der Waals surface area contributed by atoms with E-state index in [9.17, 15) is 28.8 Å². The van der Waals surface area contributed by atoms with Gasteiger partial charge in [0.05, 0.1) is 34.8 Å². The fourth-order valence-corrected chi connectivity index (χ4v) is 9.75. The molecule has 16 heteroatoms. The number of anilines is 1. The van der Waals surface area contributed by atoms with Crippen LogP contribution in [-0.2, 0) is 27.5 Å².